The Bertz CT molecular complexity index is 2260. The fourth-order valence-electron chi connectivity index (χ4n) is 7.80. The minimum absolute atomic E-state index is 0.521. The Morgan fingerprint density at radius 1 is 0.490 bits per heavy atom. The molecule has 0 spiro atoms. The van der Waals surface area contributed by atoms with Gasteiger partial charge in [-0.25, -0.2) is 0 Å². The maximum absolute atomic E-state index is 2.53. The van der Waals surface area contributed by atoms with Crippen LogP contribution in [0.4, 0.5) is 34.1 Å². The quantitative estimate of drug-likeness (QED) is 0.167. The highest BCUT2D eigenvalue weighted by molar-refractivity contribution is 6.14. The van der Waals surface area contributed by atoms with Gasteiger partial charge in [-0.2, -0.15) is 0 Å². The second kappa shape index (κ2) is 14.5. The molecule has 0 saturated carbocycles. The van der Waals surface area contributed by atoms with Crippen molar-refractivity contribution in [1.29, 1.82) is 0 Å². The zero-order valence-corrected chi connectivity index (χ0v) is 31.3. The maximum Gasteiger partial charge on any atom is 0.0724 e. The van der Waals surface area contributed by atoms with Gasteiger partial charge in [0.2, 0.25) is 0 Å². The van der Waals surface area contributed by atoms with Crippen molar-refractivity contribution >= 4 is 55.9 Å². The molecule has 51 heavy (non-hydrogen) atoms. The van der Waals surface area contributed by atoms with Gasteiger partial charge in [-0.1, -0.05) is 107 Å². The first-order valence-corrected chi connectivity index (χ1v) is 18.7. The van der Waals surface area contributed by atoms with Gasteiger partial charge in [-0.05, 0) is 121 Å². The van der Waals surface area contributed by atoms with Gasteiger partial charge in [0.05, 0.1) is 28.3 Å². The third-order valence-electron chi connectivity index (χ3n) is 11.0. The molecule has 7 aromatic rings. The first kappa shape index (κ1) is 34.2. The van der Waals surface area contributed by atoms with Gasteiger partial charge in [0.15, 0.2) is 0 Å². The molecule has 1 aliphatic rings. The molecule has 2 heterocycles. The van der Waals surface area contributed by atoms with Crippen molar-refractivity contribution in [3.63, 3.8) is 0 Å². The molecule has 1 aromatic heterocycles. The number of aryl methyl sites for hydroxylation is 3. The zero-order valence-electron chi connectivity index (χ0n) is 31.3. The fraction of sp³-hybridized carbons (Fsp3) is 0.250. The van der Waals surface area contributed by atoms with E-state index in [1.165, 1.54) is 85.3 Å². The average molecular weight is 670 g/mol. The fourth-order valence-corrected chi connectivity index (χ4v) is 7.80. The summed E-state index contributed by atoms with van der Waals surface area (Å²) in [6, 6.07) is 48.6. The average Bonchev–Trinajstić information content (AvgIpc) is 3.43. The van der Waals surface area contributed by atoms with E-state index in [9.17, 15) is 0 Å². The third-order valence-corrected chi connectivity index (χ3v) is 11.0. The van der Waals surface area contributed by atoms with Gasteiger partial charge < -0.3 is 14.4 Å². The summed E-state index contributed by atoms with van der Waals surface area (Å²) in [6.07, 6.45) is 3.55. The van der Waals surface area contributed by atoms with E-state index in [4.69, 9.17) is 0 Å². The normalized spacial score (nSPS) is 13.4. The smallest absolute Gasteiger partial charge is 0.0724 e. The van der Waals surface area contributed by atoms with Gasteiger partial charge in [-0.3, -0.25) is 0 Å². The van der Waals surface area contributed by atoms with E-state index in [0.29, 0.717) is 11.8 Å². The van der Waals surface area contributed by atoms with Crippen LogP contribution in [0.3, 0.4) is 0 Å². The van der Waals surface area contributed by atoms with Crippen LogP contribution in [0.5, 0.6) is 0 Å². The number of benzene rings is 6. The number of hydrogen-bond donors (Lipinski definition) is 0. The molecule has 2 unspecified atom stereocenters. The van der Waals surface area contributed by atoms with Crippen molar-refractivity contribution in [2.45, 2.75) is 72.6 Å². The van der Waals surface area contributed by atoms with Gasteiger partial charge in [0, 0.05) is 34.7 Å². The molecule has 2 atom stereocenters. The standard InChI is InChI=1S/C40H41N3.C8H10/c1-6-16-28(4)32-24-37-33(23-31(32)27(3)7-2)34-25-39-40(26-38(34)41(37)5)43(30-19-12-9-13-20-30)36-22-15-14-21-35(36)42(39)29-17-10-8-11-18-29;1-7-5-3-4-6-8(7)2/h8-15,17-28H,6-7,16H2,1-5H3;3-6H,1-2H3. The van der Waals surface area contributed by atoms with Crippen molar-refractivity contribution in [3.8, 4) is 0 Å². The molecule has 0 saturated heterocycles. The summed E-state index contributed by atoms with van der Waals surface area (Å²) in [5, 5.41) is 2.66. The first-order valence-electron chi connectivity index (χ1n) is 18.7. The van der Waals surface area contributed by atoms with E-state index in [2.05, 4.69) is 196 Å². The highest BCUT2D eigenvalue weighted by atomic mass is 15.3. The summed E-state index contributed by atoms with van der Waals surface area (Å²) in [4.78, 5) is 4.87. The molecule has 1 aliphatic heterocycles. The van der Waals surface area contributed by atoms with Crippen LogP contribution in [0.1, 0.15) is 81.0 Å². The molecule has 0 amide bonds. The van der Waals surface area contributed by atoms with Crippen molar-refractivity contribution < 1.29 is 0 Å². The number of nitrogens with zero attached hydrogens (tertiary/aromatic N) is 3. The molecule has 6 aromatic carbocycles. The zero-order chi connectivity index (χ0) is 35.6. The Morgan fingerprint density at radius 2 is 0.941 bits per heavy atom. The molecule has 0 fully saturated rings. The molecule has 3 nitrogen and oxygen atoms in total. The van der Waals surface area contributed by atoms with Crippen LogP contribution >= 0.6 is 0 Å². The highest BCUT2D eigenvalue weighted by Crippen LogP contribution is 2.55. The molecule has 0 aliphatic carbocycles. The number of aromatic nitrogens is 1. The van der Waals surface area contributed by atoms with E-state index < -0.39 is 0 Å². The third kappa shape index (κ3) is 6.31. The minimum Gasteiger partial charge on any atom is -0.344 e. The number of hydrogen-bond acceptors (Lipinski definition) is 2. The van der Waals surface area contributed by atoms with Crippen LogP contribution in [0.25, 0.3) is 21.8 Å². The van der Waals surface area contributed by atoms with E-state index in [-0.39, 0.29) is 0 Å². The van der Waals surface area contributed by atoms with Crippen molar-refractivity contribution in [1.82, 2.24) is 4.57 Å². The van der Waals surface area contributed by atoms with Gasteiger partial charge in [0.25, 0.3) is 0 Å². The van der Waals surface area contributed by atoms with Crippen LogP contribution < -0.4 is 9.80 Å². The van der Waals surface area contributed by atoms with Gasteiger partial charge in [-0.15, -0.1) is 0 Å². The van der Waals surface area contributed by atoms with E-state index in [0.717, 1.165) is 12.1 Å². The maximum atomic E-state index is 2.53. The Hall–Kier alpha value is -5.28. The number of para-hydroxylation sites is 4. The SMILES string of the molecule is CCCC(C)c1cc2c(cc1C(C)CC)c1cc3c(cc1n2C)N(c1ccccc1)c1ccccc1N3c1ccccc1.Cc1ccccc1C. The number of rotatable bonds is 7. The predicted molar refractivity (Wildman–Crippen MR) is 221 cm³/mol. The Kier molecular flexibility index (Phi) is 9.73. The van der Waals surface area contributed by atoms with Gasteiger partial charge >= 0.3 is 0 Å². The van der Waals surface area contributed by atoms with Crippen LogP contribution in [0.2, 0.25) is 0 Å². The lowest BCUT2D eigenvalue weighted by atomic mass is 9.85. The second-order valence-electron chi connectivity index (χ2n) is 14.3. The lowest BCUT2D eigenvalue weighted by Gasteiger charge is -2.40. The molecule has 258 valence electrons. The number of anilines is 6. The first-order chi connectivity index (χ1) is 24.8. The highest BCUT2D eigenvalue weighted by Gasteiger charge is 2.32. The Labute approximate surface area is 304 Å². The van der Waals surface area contributed by atoms with E-state index in [1.807, 2.05) is 0 Å². The topological polar surface area (TPSA) is 11.4 Å². The van der Waals surface area contributed by atoms with Crippen molar-refractivity contribution in [2.24, 2.45) is 7.05 Å². The largest absolute Gasteiger partial charge is 0.344 e. The monoisotopic (exact) mass is 669 g/mol. The van der Waals surface area contributed by atoms with Crippen LogP contribution in [0.15, 0.2) is 133 Å². The van der Waals surface area contributed by atoms with Crippen molar-refractivity contribution in [2.75, 3.05) is 9.80 Å². The van der Waals surface area contributed by atoms with Crippen LogP contribution in [-0.4, -0.2) is 4.57 Å². The lowest BCUT2D eigenvalue weighted by molar-refractivity contribution is 0.640. The number of fused-ring (bicyclic) bond motifs is 5. The minimum atomic E-state index is 0.521. The Morgan fingerprint density at radius 3 is 1.45 bits per heavy atom. The Balaban J connectivity index is 0.000000450. The molecular weight excluding hydrogens is 619 g/mol. The van der Waals surface area contributed by atoms with E-state index in [1.54, 1.807) is 0 Å². The second-order valence-corrected chi connectivity index (χ2v) is 14.3. The van der Waals surface area contributed by atoms with Gasteiger partial charge in [0.1, 0.15) is 0 Å². The van der Waals surface area contributed by atoms with Crippen molar-refractivity contribution in [3.05, 3.63) is 156 Å². The summed E-state index contributed by atoms with van der Waals surface area (Å²) >= 11 is 0. The summed E-state index contributed by atoms with van der Waals surface area (Å²) in [5.41, 5.74) is 15.4. The summed E-state index contributed by atoms with van der Waals surface area (Å²) in [7, 11) is 2.24. The molecule has 3 heteroatoms. The summed E-state index contributed by atoms with van der Waals surface area (Å²) in [6.45, 7) is 13.7. The van der Waals surface area contributed by atoms with E-state index >= 15 is 0 Å². The lowest BCUT2D eigenvalue weighted by Crippen LogP contribution is -2.24. The summed E-state index contributed by atoms with van der Waals surface area (Å²) < 4.78 is 2.42. The predicted octanol–water partition coefficient (Wildman–Crippen LogP) is 14.3. The van der Waals surface area contributed by atoms with Crippen LogP contribution in [0, 0.1) is 13.8 Å². The van der Waals surface area contributed by atoms with Crippen LogP contribution in [-0.2, 0) is 7.05 Å². The molecule has 0 bridgehead atoms. The summed E-state index contributed by atoms with van der Waals surface area (Å²) in [5.74, 6) is 1.06. The molecule has 0 radical (unpaired) electrons. The molecule has 8 rings (SSSR count). The molecule has 0 N–H and O–H groups in total. The molecular formula is C48H51N3.